The number of halogens is 1. The van der Waals surface area contributed by atoms with Crippen LogP contribution < -0.4 is 14.8 Å². The van der Waals surface area contributed by atoms with E-state index in [9.17, 15) is 4.79 Å². The first kappa shape index (κ1) is 21.4. The molecule has 7 heteroatoms. The second-order valence-corrected chi connectivity index (χ2v) is 7.58. The minimum atomic E-state index is 0.0493. The molecule has 6 nitrogen and oxygen atoms in total. The van der Waals surface area contributed by atoms with Crippen molar-refractivity contribution in [3.8, 4) is 11.5 Å². The molecule has 1 saturated heterocycles. The number of ether oxygens (including phenoxy) is 2. The zero-order valence-electron chi connectivity index (χ0n) is 17.0. The predicted molar refractivity (Wildman–Crippen MR) is 115 cm³/mol. The molecule has 0 bridgehead atoms. The van der Waals surface area contributed by atoms with Crippen molar-refractivity contribution in [3.63, 3.8) is 0 Å². The lowest BCUT2D eigenvalue weighted by atomic mass is 10.1. The van der Waals surface area contributed by atoms with Crippen molar-refractivity contribution in [2.75, 3.05) is 46.9 Å². The molecule has 1 N–H and O–H groups in total. The third kappa shape index (κ3) is 6.35. The number of piperazine rings is 1. The van der Waals surface area contributed by atoms with E-state index < -0.39 is 0 Å². The van der Waals surface area contributed by atoms with Crippen LogP contribution >= 0.6 is 11.6 Å². The first-order chi connectivity index (χ1) is 14.1. The van der Waals surface area contributed by atoms with Gasteiger partial charge in [0.15, 0.2) is 11.5 Å². The molecule has 1 heterocycles. The van der Waals surface area contributed by atoms with Crippen LogP contribution in [0.2, 0.25) is 5.02 Å². The zero-order valence-corrected chi connectivity index (χ0v) is 17.7. The molecule has 0 aliphatic carbocycles. The third-order valence-corrected chi connectivity index (χ3v) is 5.34. The van der Waals surface area contributed by atoms with Crippen LogP contribution in [0.4, 0.5) is 0 Å². The van der Waals surface area contributed by atoms with Gasteiger partial charge < -0.3 is 14.8 Å². The molecule has 1 aliphatic heterocycles. The Kier molecular flexibility index (Phi) is 7.75. The fraction of sp³-hybridized carbons (Fsp3) is 0.409. The first-order valence-electron chi connectivity index (χ1n) is 9.74. The molecule has 1 aliphatic rings. The van der Waals surface area contributed by atoms with Crippen LogP contribution in [-0.2, 0) is 17.9 Å². The Bertz CT molecular complexity index is 805. The summed E-state index contributed by atoms with van der Waals surface area (Å²) in [6.07, 6.45) is 0. The number of amides is 1. The maximum absolute atomic E-state index is 12.2. The normalized spacial score (nSPS) is 15.1. The number of rotatable bonds is 8. The molecule has 0 atom stereocenters. The van der Waals surface area contributed by atoms with E-state index in [2.05, 4.69) is 21.2 Å². The lowest BCUT2D eigenvalue weighted by Gasteiger charge is -2.34. The standard InChI is InChI=1S/C22H28ClN3O3/c1-28-20-8-5-18(13-21(20)29-2)15-25-9-11-26(12-10-25)16-22(27)24-14-17-3-6-19(23)7-4-17/h3-8,13H,9-12,14-16H2,1-2H3,(H,24,27). The zero-order chi connectivity index (χ0) is 20.6. The predicted octanol–water partition coefficient (Wildman–Crippen LogP) is 2.79. The maximum Gasteiger partial charge on any atom is 0.234 e. The molecule has 0 spiro atoms. The van der Waals surface area contributed by atoms with E-state index in [1.165, 1.54) is 5.56 Å². The average molecular weight is 418 g/mol. The molecule has 1 fully saturated rings. The maximum atomic E-state index is 12.2. The monoisotopic (exact) mass is 417 g/mol. The molecule has 29 heavy (non-hydrogen) atoms. The Balaban J connectivity index is 1.41. The van der Waals surface area contributed by atoms with Gasteiger partial charge in [0.2, 0.25) is 5.91 Å². The molecular weight excluding hydrogens is 390 g/mol. The van der Waals surface area contributed by atoms with Gasteiger partial charge in [-0.3, -0.25) is 14.6 Å². The number of nitrogens with one attached hydrogen (secondary N) is 1. The van der Waals surface area contributed by atoms with Crippen molar-refractivity contribution in [1.29, 1.82) is 0 Å². The summed E-state index contributed by atoms with van der Waals surface area (Å²) >= 11 is 5.88. The Hall–Kier alpha value is -2.28. The molecule has 3 rings (SSSR count). The van der Waals surface area contributed by atoms with Crippen LogP contribution in [0.1, 0.15) is 11.1 Å². The SMILES string of the molecule is COc1ccc(CN2CCN(CC(=O)NCc3ccc(Cl)cc3)CC2)cc1OC. The second kappa shape index (κ2) is 10.5. The highest BCUT2D eigenvalue weighted by Gasteiger charge is 2.19. The fourth-order valence-electron chi connectivity index (χ4n) is 3.40. The lowest BCUT2D eigenvalue weighted by Crippen LogP contribution is -2.49. The summed E-state index contributed by atoms with van der Waals surface area (Å²) in [6.45, 7) is 5.42. The minimum absolute atomic E-state index is 0.0493. The Labute approximate surface area is 177 Å². The molecule has 1 amide bonds. The molecule has 0 radical (unpaired) electrons. The Morgan fingerprint density at radius 3 is 2.21 bits per heavy atom. The quantitative estimate of drug-likeness (QED) is 0.715. The van der Waals surface area contributed by atoms with Crippen LogP contribution in [0.15, 0.2) is 42.5 Å². The first-order valence-corrected chi connectivity index (χ1v) is 10.1. The molecule has 0 unspecified atom stereocenters. The van der Waals surface area contributed by atoms with E-state index in [-0.39, 0.29) is 5.91 Å². The summed E-state index contributed by atoms with van der Waals surface area (Å²) in [4.78, 5) is 16.8. The van der Waals surface area contributed by atoms with Crippen molar-refractivity contribution in [1.82, 2.24) is 15.1 Å². The summed E-state index contributed by atoms with van der Waals surface area (Å²) in [5.74, 6) is 1.54. The number of methoxy groups -OCH3 is 2. The highest BCUT2D eigenvalue weighted by molar-refractivity contribution is 6.30. The smallest absolute Gasteiger partial charge is 0.234 e. The van der Waals surface area contributed by atoms with E-state index in [0.717, 1.165) is 49.8 Å². The highest BCUT2D eigenvalue weighted by atomic mass is 35.5. The molecule has 2 aromatic rings. The van der Waals surface area contributed by atoms with Gasteiger partial charge in [0, 0.05) is 44.3 Å². The van der Waals surface area contributed by atoms with E-state index in [0.29, 0.717) is 18.1 Å². The van der Waals surface area contributed by atoms with Gasteiger partial charge in [-0.25, -0.2) is 0 Å². The van der Waals surface area contributed by atoms with Crippen LogP contribution in [0.25, 0.3) is 0 Å². The average Bonchev–Trinajstić information content (AvgIpc) is 2.74. The minimum Gasteiger partial charge on any atom is -0.493 e. The number of hydrogen-bond acceptors (Lipinski definition) is 5. The van der Waals surface area contributed by atoms with Crippen LogP contribution in [0.5, 0.6) is 11.5 Å². The van der Waals surface area contributed by atoms with Crippen molar-refractivity contribution in [2.45, 2.75) is 13.1 Å². The van der Waals surface area contributed by atoms with Gasteiger partial charge in [-0.05, 0) is 35.4 Å². The van der Waals surface area contributed by atoms with E-state index in [1.54, 1.807) is 14.2 Å². The van der Waals surface area contributed by atoms with Gasteiger partial charge in [0.1, 0.15) is 0 Å². The number of benzene rings is 2. The van der Waals surface area contributed by atoms with Gasteiger partial charge in [0.05, 0.1) is 20.8 Å². The van der Waals surface area contributed by atoms with Crippen molar-refractivity contribution < 1.29 is 14.3 Å². The molecule has 156 valence electrons. The topological polar surface area (TPSA) is 54.0 Å². The van der Waals surface area contributed by atoms with Crippen molar-refractivity contribution >= 4 is 17.5 Å². The molecule has 2 aromatic carbocycles. The van der Waals surface area contributed by atoms with E-state index >= 15 is 0 Å². The summed E-state index contributed by atoms with van der Waals surface area (Å²) in [6, 6.07) is 13.6. The number of carbonyl (C=O) groups is 1. The van der Waals surface area contributed by atoms with Crippen molar-refractivity contribution in [3.05, 3.63) is 58.6 Å². The molecule has 0 aromatic heterocycles. The van der Waals surface area contributed by atoms with E-state index in [4.69, 9.17) is 21.1 Å². The van der Waals surface area contributed by atoms with E-state index in [1.807, 2.05) is 36.4 Å². The Morgan fingerprint density at radius 2 is 1.55 bits per heavy atom. The van der Waals surface area contributed by atoms with Crippen LogP contribution in [0.3, 0.4) is 0 Å². The van der Waals surface area contributed by atoms with Gasteiger partial charge in [-0.15, -0.1) is 0 Å². The summed E-state index contributed by atoms with van der Waals surface area (Å²) in [5, 5.41) is 3.68. The number of carbonyl (C=O) groups excluding carboxylic acids is 1. The van der Waals surface area contributed by atoms with Gasteiger partial charge in [-0.2, -0.15) is 0 Å². The lowest BCUT2D eigenvalue weighted by molar-refractivity contribution is -0.122. The van der Waals surface area contributed by atoms with Gasteiger partial charge in [-0.1, -0.05) is 29.8 Å². The van der Waals surface area contributed by atoms with Crippen LogP contribution in [0, 0.1) is 0 Å². The largest absolute Gasteiger partial charge is 0.493 e. The van der Waals surface area contributed by atoms with Crippen molar-refractivity contribution in [2.24, 2.45) is 0 Å². The third-order valence-electron chi connectivity index (χ3n) is 5.09. The van der Waals surface area contributed by atoms with Crippen LogP contribution in [-0.4, -0.2) is 62.7 Å². The second-order valence-electron chi connectivity index (χ2n) is 7.14. The number of hydrogen-bond donors (Lipinski definition) is 1. The van der Waals surface area contributed by atoms with Gasteiger partial charge >= 0.3 is 0 Å². The summed E-state index contributed by atoms with van der Waals surface area (Å²) in [7, 11) is 3.29. The Morgan fingerprint density at radius 1 is 0.931 bits per heavy atom. The summed E-state index contributed by atoms with van der Waals surface area (Å²) in [5.41, 5.74) is 2.24. The highest BCUT2D eigenvalue weighted by Crippen LogP contribution is 2.28. The summed E-state index contributed by atoms with van der Waals surface area (Å²) < 4.78 is 10.7. The fourth-order valence-corrected chi connectivity index (χ4v) is 3.53. The molecule has 0 saturated carbocycles. The number of nitrogens with zero attached hydrogens (tertiary/aromatic N) is 2. The van der Waals surface area contributed by atoms with Gasteiger partial charge in [0.25, 0.3) is 0 Å². The molecular formula is C22H28ClN3O3.